The molecule has 0 spiro atoms. The van der Waals surface area contributed by atoms with Gasteiger partial charge in [0.1, 0.15) is 11.2 Å². The first-order valence-corrected chi connectivity index (χ1v) is 13.7. The molecule has 0 atom stereocenters. The molecule has 0 radical (unpaired) electrons. The van der Waals surface area contributed by atoms with Crippen LogP contribution >= 0.6 is 23.1 Å². The minimum absolute atomic E-state index is 0.295. The van der Waals surface area contributed by atoms with E-state index in [9.17, 15) is 13.0 Å². The van der Waals surface area contributed by atoms with Crippen LogP contribution in [0.5, 0.6) is 0 Å². The number of hydrogen-bond acceptors (Lipinski definition) is 6. The fourth-order valence-electron chi connectivity index (χ4n) is 4.19. The molecule has 0 aliphatic carbocycles. The van der Waals surface area contributed by atoms with Gasteiger partial charge in [0, 0.05) is 17.2 Å². The lowest BCUT2D eigenvalue weighted by Crippen LogP contribution is -2.34. The number of para-hydroxylation sites is 1. The SMILES string of the molecule is CC[n+]1c(C=C2Sc3ccccc3N2CCCS(=O)(=O)[O-])sc2ccc3ccccc3c21. The van der Waals surface area contributed by atoms with Crippen LogP contribution in [0, 0.1) is 0 Å². The Morgan fingerprint density at radius 3 is 2.66 bits per heavy atom. The van der Waals surface area contributed by atoms with Gasteiger partial charge in [0.05, 0.1) is 32.3 Å². The Kier molecular flexibility index (Phi) is 5.71. The molecule has 0 unspecified atom stereocenters. The lowest BCUT2D eigenvalue weighted by molar-refractivity contribution is -0.664. The molecule has 0 N–H and O–H groups in total. The van der Waals surface area contributed by atoms with E-state index in [1.807, 2.05) is 18.2 Å². The first kappa shape index (κ1) is 21.5. The number of thiazole rings is 1. The Morgan fingerprint density at radius 1 is 1.06 bits per heavy atom. The average molecular weight is 483 g/mol. The lowest BCUT2D eigenvalue weighted by atomic mass is 10.1. The Morgan fingerprint density at radius 2 is 1.84 bits per heavy atom. The van der Waals surface area contributed by atoms with E-state index in [2.05, 4.69) is 64.9 Å². The summed E-state index contributed by atoms with van der Waals surface area (Å²) in [4.78, 5) is 3.27. The largest absolute Gasteiger partial charge is 0.748 e. The Labute approximate surface area is 195 Å². The summed E-state index contributed by atoms with van der Waals surface area (Å²) in [7, 11) is -4.22. The standard InChI is InChI=1S/C24H22N2O3S3/c1-2-25-22(31-21-13-12-17-8-3-4-9-18(17)24(21)25)16-23-26(14-7-15-32(27,28)29)19-10-5-6-11-20(19)30-23/h3-6,8-13,16H,2,7,14-15H2,1H3. The van der Waals surface area contributed by atoms with Gasteiger partial charge in [0.2, 0.25) is 5.52 Å². The molecule has 0 saturated carbocycles. The number of anilines is 1. The van der Waals surface area contributed by atoms with Crippen LogP contribution in [0.25, 0.3) is 27.1 Å². The second-order valence-corrected chi connectivity index (χ2v) is 11.3. The van der Waals surface area contributed by atoms with Crippen LogP contribution in [0.1, 0.15) is 18.4 Å². The van der Waals surface area contributed by atoms with E-state index in [4.69, 9.17) is 0 Å². The normalized spacial score (nSPS) is 15.2. The highest BCUT2D eigenvalue weighted by molar-refractivity contribution is 8.03. The van der Waals surface area contributed by atoms with Crippen molar-refractivity contribution in [3.8, 4) is 0 Å². The van der Waals surface area contributed by atoms with Crippen molar-refractivity contribution < 1.29 is 17.5 Å². The second kappa shape index (κ2) is 8.51. The van der Waals surface area contributed by atoms with Gasteiger partial charge in [0.25, 0.3) is 5.01 Å². The van der Waals surface area contributed by atoms with E-state index in [0.29, 0.717) is 13.0 Å². The molecule has 0 saturated heterocycles. The van der Waals surface area contributed by atoms with Crippen LogP contribution in [0.3, 0.4) is 0 Å². The summed E-state index contributed by atoms with van der Waals surface area (Å²) in [5, 5.41) is 4.66. The van der Waals surface area contributed by atoms with E-state index < -0.39 is 10.1 Å². The Bertz CT molecular complexity index is 1460. The van der Waals surface area contributed by atoms with Gasteiger partial charge in [-0.1, -0.05) is 59.5 Å². The smallest absolute Gasteiger partial charge is 0.265 e. The molecule has 32 heavy (non-hydrogen) atoms. The number of nitrogens with zero attached hydrogens (tertiary/aromatic N) is 2. The molecule has 1 aliphatic rings. The summed E-state index contributed by atoms with van der Waals surface area (Å²) in [6.45, 7) is 3.49. The number of thioether (sulfide) groups is 1. The highest BCUT2D eigenvalue weighted by Gasteiger charge is 2.27. The molecule has 1 aliphatic heterocycles. The molecule has 2 heterocycles. The third-order valence-electron chi connectivity index (χ3n) is 5.59. The maximum atomic E-state index is 11.1. The molecule has 5 rings (SSSR count). The van der Waals surface area contributed by atoms with Crippen molar-refractivity contribution in [3.05, 3.63) is 70.7 Å². The molecule has 8 heteroatoms. The van der Waals surface area contributed by atoms with Crippen LogP contribution in [0.2, 0.25) is 0 Å². The maximum Gasteiger partial charge on any atom is 0.265 e. The number of benzene rings is 3. The van der Waals surface area contributed by atoms with Crippen molar-refractivity contribution in [2.24, 2.45) is 0 Å². The molecule has 0 amide bonds. The third-order valence-corrected chi connectivity index (χ3v) is 8.59. The van der Waals surface area contributed by atoms with Crippen molar-refractivity contribution in [2.45, 2.75) is 24.8 Å². The Hall–Kier alpha value is -2.39. The zero-order chi connectivity index (χ0) is 22.3. The fraction of sp³-hybridized carbons (Fsp3) is 0.208. The van der Waals surface area contributed by atoms with Crippen LogP contribution < -0.4 is 9.47 Å². The molecule has 5 nitrogen and oxygen atoms in total. The van der Waals surface area contributed by atoms with Crippen molar-refractivity contribution in [1.29, 1.82) is 0 Å². The van der Waals surface area contributed by atoms with Gasteiger partial charge in [-0.05, 0) is 43.0 Å². The molecule has 164 valence electrons. The van der Waals surface area contributed by atoms with E-state index in [0.717, 1.165) is 27.2 Å². The molecule has 4 aromatic rings. The van der Waals surface area contributed by atoms with E-state index >= 15 is 0 Å². The molecule has 0 fully saturated rings. The highest BCUT2D eigenvalue weighted by Crippen LogP contribution is 2.46. The highest BCUT2D eigenvalue weighted by atomic mass is 32.2. The van der Waals surface area contributed by atoms with Crippen LogP contribution in [-0.4, -0.2) is 25.3 Å². The van der Waals surface area contributed by atoms with E-state index in [1.165, 1.54) is 21.0 Å². The average Bonchev–Trinajstić information content (AvgIpc) is 3.30. The fourth-order valence-corrected chi connectivity index (χ4v) is 7.05. The number of hydrogen-bond donors (Lipinski definition) is 0. The summed E-state index contributed by atoms with van der Waals surface area (Å²) in [6.07, 6.45) is 2.49. The minimum Gasteiger partial charge on any atom is -0.748 e. The van der Waals surface area contributed by atoms with Gasteiger partial charge < -0.3 is 9.45 Å². The van der Waals surface area contributed by atoms with Gasteiger partial charge in [-0.3, -0.25) is 0 Å². The van der Waals surface area contributed by atoms with Gasteiger partial charge in [0.15, 0.2) is 0 Å². The quantitative estimate of drug-likeness (QED) is 0.279. The van der Waals surface area contributed by atoms with Crippen LogP contribution in [0.15, 0.2) is 70.6 Å². The van der Waals surface area contributed by atoms with Crippen molar-refractivity contribution in [2.75, 3.05) is 17.2 Å². The van der Waals surface area contributed by atoms with Gasteiger partial charge >= 0.3 is 0 Å². The molecular weight excluding hydrogens is 460 g/mol. The molecule has 1 aromatic heterocycles. The van der Waals surface area contributed by atoms with Crippen LogP contribution in [-0.2, 0) is 16.7 Å². The summed E-state index contributed by atoms with van der Waals surface area (Å²) in [5.74, 6) is -0.354. The van der Waals surface area contributed by atoms with Crippen molar-refractivity contribution >= 4 is 66.0 Å². The van der Waals surface area contributed by atoms with Crippen molar-refractivity contribution in [1.82, 2.24) is 0 Å². The zero-order valence-electron chi connectivity index (χ0n) is 17.5. The Balaban J connectivity index is 1.59. The summed E-state index contributed by atoms with van der Waals surface area (Å²) in [6, 6.07) is 20.9. The number of fused-ring (bicyclic) bond motifs is 4. The summed E-state index contributed by atoms with van der Waals surface area (Å²) in [5.41, 5.74) is 2.30. The first-order valence-electron chi connectivity index (χ1n) is 10.5. The van der Waals surface area contributed by atoms with E-state index in [1.54, 1.807) is 23.1 Å². The molecular formula is C24H22N2O3S3. The lowest BCUT2D eigenvalue weighted by Gasteiger charge is -2.20. The predicted molar refractivity (Wildman–Crippen MR) is 132 cm³/mol. The first-order chi connectivity index (χ1) is 15.4. The number of rotatable bonds is 6. The zero-order valence-corrected chi connectivity index (χ0v) is 20.0. The van der Waals surface area contributed by atoms with Crippen molar-refractivity contribution in [3.63, 3.8) is 0 Å². The monoisotopic (exact) mass is 482 g/mol. The summed E-state index contributed by atoms with van der Waals surface area (Å²) < 4.78 is 36.9. The molecule has 3 aromatic carbocycles. The van der Waals surface area contributed by atoms with Gasteiger partial charge in [-0.2, -0.15) is 4.57 Å². The maximum absolute atomic E-state index is 11.1. The number of aryl methyl sites for hydroxylation is 1. The molecule has 0 bridgehead atoms. The van der Waals surface area contributed by atoms with Gasteiger partial charge in [-0.15, -0.1) is 0 Å². The van der Waals surface area contributed by atoms with Gasteiger partial charge in [-0.25, -0.2) is 8.42 Å². The third kappa shape index (κ3) is 4.03. The van der Waals surface area contributed by atoms with Crippen LogP contribution in [0.4, 0.5) is 5.69 Å². The second-order valence-electron chi connectivity index (χ2n) is 7.64. The predicted octanol–water partition coefficient (Wildman–Crippen LogP) is 5.21. The number of aromatic nitrogens is 1. The summed E-state index contributed by atoms with van der Waals surface area (Å²) >= 11 is 3.44. The minimum atomic E-state index is -4.22. The van der Waals surface area contributed by atoms with E-state index in [-0.39, 0.29) is 5.75 Å². The topological polar surface area (TPSA) is 64.3 Å².